The van der Waals surface area contributed by atoms with Gasteiger partial charge in [0.1, 0.15) is 22.7 Å². The first-order valence-electron chi connectivity index (χ1n) is 12.3. The molecule has 8 nitrogen and oxygen atoms in total. The summed E-state index contributed by atoms with van der Waals surface area (Å²) in [5.74, 6) is -5.84. The molecule has 1 heterocycles. The summed E-state index contributed by atoms with van der Waals surface area (Å²) in [7, 11) is 0. The van der Waals surface area contributed by atoms with Crippen LogP contribution >= 0.6 is 11.6 Å². The minimum absolute atomic E-state index is 0.0623. The number of ketones is 2. The second-order valence-electron chi connectivity index (χ2n) is 10.5. The third-order valence-corrected chi connectivity index (χ3v) is 7.05. The fourth-order valence-corrected chi connectivity index (χ4v) is 4.81. The first-order chi connectivity index (χ1) is 18.0. The molecule has 1 aliphatic heterocycles. The van der Waals surface area contributed by atoms with Gasteiger partial charge in [-0.15, -0.1) is 0 Å². The molecular weight excluding hydrogens is 536 g/mol. The van der Waals surface area contributed by atoms with Crippen LogP contribution in [0, 0.1) is 5.82 Å². The number of carbonyl (C=O) groups excluding carboxylic acids is 3. The number of Topliss-reactive ketones (excluding diaryl/α,β-unsaturated/α-hetero) is 1. The van der Waals surface area contributed by atoms with E-state index in [1.807, 2.05) is 0 Å². The molecule has 0 bridgehead atoms. The highest BCUT2D eigenvalue weighted by Gasteiger charge is 2.54. The number of alkyl halides is 1. The normalized spacial score (nSPS) is 16.8. The van der Waals surface area contributed by atoms with E-state index in [9.17, 15) is 29.4 Å². The Kier molecular flexibility index (Phi) is 8.52. The van der Waals surface area contributed by atoms with Crippen molar-refractivity contribution in [1.29, 1.82) is 0 Å². The summed E-state index contributed by atoms with van der Waals surface area (Å²) in [5.41, 5.74) is -7.61. The number of benzene rings is 2. The maximum atomic E-state index is 16.4. The maximum absolute atomic E-state index is 16.4. The zero-order valence-electron chi connectivity index (χ0n) is 22.0. The minimum Gasteiger partial charge on any atom is -0.475 e. The van der Waals surface area contributed by atoms with Gasteiger partial charge in [0.25, 0.3) is 5.78 Å². The highest BCUT2D eigenvalue weighted by Crippen LogP contribution is 2.46. The summed E-state index contributed by atoms with van der Waals surface area (Å²) in [5, 5.41) is 21.3. The lowest BCUT2D eigenvalue weighted by molar-refractivity contribution is -0.137. The Morgan fingerprint density at radius 1 is 1.08 bits per heavy atom. The molecular formula is C28H30ClF2NO7. The maximum Gasteiger partial charge on any atom is 0.410 e. The van der Waals surface area contributed by atoms with Gasteiger partial charge in [0, 0.05) is 42.1 Å². The standard InChI is InChI=1S/C28H30ClF2NO7/c1-5-28(38,27(31)10-12-32(13-11-27)25(37)39-26(2,3)4)17-14-19(23(34)24(35)36)21(20(30)15-17)22(33)16-6-8-18(29)9-7-16/h6-9,14-15,38H,5,10-13H2,1-4H3,(H,35,36). The molecule has 1 amide bonds. The van der Waals surface area contributed by atoms with Crippen molar-refractivity contribution < 1.29 is 42.9 Å². The summed E-state index contributed by atoms with van der Waals surface area (Å²) >= 11 is 5.84. The van der Waals surface area contributed by atoms with Crippen LogP contribution in [0.4, 0.5) is 13.6 Å². The first kappa shape index (κ1) is 30.2. The second-order valence-corrected chi connectivity index (χ2v) is 10.9. The molecule has 0 spiro atoms. The lowest BCUT2D eigenvalue weighted by Crippen LogP contribution is -2.56. The van der Waals surface area contributed by atoms with E-state index in [1.165, 1.54) is 36.1 Å². The molecule has 0 aromatic heterocycles. The van der Waals surface area contributed by atoms with Crippen LogP contribution in [0.2, 0.25) is 5.02 Å². The summed E-state index contributed by atoms with van der Waals surface area (Å²) < 4.78 is 37.3. The third kappa shape index (κ3) is 6.12. The molecule has 1 saturated heterocycles. The van der Waals surface area contributed by atoms with Gasteiger partial charge in [-0.3, -0.25) is 9.59 Å². The highest BCUT2D eigenvalue weighted by atomic mass is 35.5. The van der Waals surface area contributed by atoms with E-state index in [-0.39, 0.29) is 37.9 Å². The average molecular weight is 566 g/mol. The van der Waals surface area contributed by atoms with E-state index < -0.39 is 63.0 Å². The van der Waals surface area contributed by atoms with Crippen LogP contribution in [0.1, 0.15) is 78.8 Å². The van der Waals surface area contributed by atoms with Gasteiger partial charge in [0.2, 0.25) is 0 Å². The molecule has 39 heavy (non-hydrogen) atoms. The summed E-state index contributed by atoms with van der Waals surface area (Å²) in [6.07, 6.45) is -1.60. The molecule has 210 valence electrons. The Labute approximate surface area is 229 Å². The zero-order valence-corrected chi connectivity index (χ0v) is 22.8. The van der Waals surface area contributed by atoms with E-state index in [1.54, 1.807) is 20.8 Å². The number of carbonyl (C=O) groups is 4. The molecule has 1 aliphatic rings. The van der Waals surface area contributed by atoms with Gasteiger partial charge in [-0.1, -0.05) is 18.5 Å². The number of nitrogens with zero attached hydrogens (tertiary/aromatic N) is 1. The molecule has 1 fully saturated rings. The number of aliphatic hydroxyl groups is 1. The molecule has 3 rings (SSSR count). The molecule has 1 atom stereocenters. The topological polar surface area (TPSA) is 121 Å². The van der Waals surface area contributed by atoms with Crippen LogP contribution < -0.4 is 0 Å². The van der Waals surface area contributed by atoms with Crippen molar-refractivity contribution in [3.8, 4) is 0 Å². The van der Waals surface area contributed by atoms with Crippen molar-refractivity contribution in [2.24, 2.45) is 0 Å². The predicted molar refractivity (Wildman–Crippen MR) is 138 cm³/mol. The van der Waals surface area contributed by atoms with Crippen molar-refractivity contribution in [2.45, 2.75) is 63.8 Å². The lowest BCUT2D eigenvalue weighted by atomic mass is 9.71. The largest absolute Gasteiger partial charge is 0.475 e. The van der Waals surface area contributed by atoms with Crippen LogP contribution in [0.5, 0.6) is 0 Å². The average Bonchev–Trinajstić information content (AvgIpc) is 2.86. The van der Waals surface area contributed by atoms with Crippen LogP contribution in [0.15, 0.2) is 36.4 Å². The number of carboxylic acids is 1. The zero-order chi connectivity index (χ0) is 29.3. The number of carboxylic acid groups (broad SMARTS) is 1. The van der Waals surface area contributed by atoms with Gasteiger partial charge in [-0.2, -0.15) is 0 Å². The van der Waals surface area contributed by atoms with Crippen molar-refractivity contribution in [1.82, 2.24) is 4.90 Å². The van der Waals surface area contributed by atoms with Gasteiger partial charge in [0.05, 0.1) is 5.56 Å². The number of rotatable bonds is 7. The van der Waals surface area contributed by atoms with E-state index in [0.29, 0.717) is 5.02 Å². The van der Waals surface area contributed by atoms with Crippen LogP contribution in [0.25, 0.3) is 0 Å². The summed E-state index contributed by atoms with van der Waals surface area (Å²) in [6, 6.07) is 6.90. The lowest BCUT2D eigenvalue weighted by Gasteiger charge is -2.46. The van der Waals surface area contributed by atoms with Crippen LogP contribution in [-0.4, -0.2) is 63.1 Å². The minimum atomic E-state index is -2.38. The van der Waals surface area contributed by atoms with Crippen molar-refractivity contribution in [3.63, 3.8) is 0 Å². The molecule has 2 aromatic carbocycles. The first-order valence-corrected chi connectivity index (χ1v) is 12.7. The Balaban J connectivity index is 2.04. The van der Waals surface area contributed by atoms with Crippen molar-refractivity contribution >= 4 is 35.2 Å². The number of amides is 1. The molecule has 11 heteroatoms. The van der Waals surface area contributed by atoms with E-state index in [4.69, 9.17) is 16.3 Å². The Bertz CT molecular complexity index is 1300. The van der Waals surface area contributed by atoms with E-state index in [2.05, 4.69) is 0 Å². The molecule has 0 radical (unpaired) electrons. The van der Waals surface area contributed by atoms with E-state index >= 15 is 8.78 Å². The number of hydrogen-bond acceptors (Lipinski definition) is 6. The molecule has 1 unspecified atom stereocenters. The highest BCUT2D eigenvalue weighted by molar-refractivity contribution is 6.41. The second kappa shape index (κ2) is 11.0. The van der Waals surface area contributed by atoms with Gasteiger partial charge in [0.15, 0.2) is 5.78 Å². The Morgan fingerprint density at radius 2 is 1.64 bits per heavy atom. The fraction of sp³-hybridized carbons (Fsp3) is 0.429. The summed E-state index contributed by atoms with van der Waals surface area (Å²) in [4.78, 5) is 51.0. The van der Waals surface area contributed by atoms with Crippen molar-refractivity contribution in [2.75, 3.05) is 13.1 Å². The quantitative estimate of drug-likeness (QED) is 0.344. The smallest absolute Gasteiger partial charge is 0.410 e. The number of piperidine rings is 1. The number of ether oxygens (including phenoxy) is 1. The van der Waals surface area contributed by atoms with Gasteiger partial charge >= 0.3 is 12.1 Å². The van der Waals surface area contributed by atoms with Gasteiger partial charge in [-0.05, 0) is 69.2 Å². The molecule has 2 N–H and O–H groups in total. The third-order valence-electron chi connectivity index (χ3n) is 6.80. The fourth-order valence-electron chi connectivity index (χ4n) is 4.68. The SMILES string of the molecule is CCC(O)(c1cc(F)c(C(=O)c2ccc(Cl)cc2)c(C(=O)C(=O)O)c1)C1(F)CCN(C(=O)OC(C)(C)C)CC1. The number of likely N-dealkylation sites (tertiary alicyclic amines) is 1. The van der Waals surface area contributed by atoms with Crippen LogP contribution in [0.3, 0.4) is 0 Å². The molecule has 0 aliphatic carbocycles. The monoisotopic (exact) mass is 565 g/mol. The van der Waals surface area contributed by atoms with E-state index in [0.717, 1.165) is 12.1 Å². The number of hydrogen-bond donors (Lipinski definition) is 2. The molecule has 2 aromatic rings. The van der Waals surface area contributed by atoms with Gasteiger partial charge in [-0.25, -0.2) is 18.4 Å². The molecule has 0 saturated carbocycles. The Morgan fingerprint density at radius 3 is 2.13 bits per heavy atom. The number of halogens is 3. The Hall–Kier alpha value is -3.37. The van der Waals surface area contributed by atoms with Crippen molar-refractivity contribution in [3.05, 3.63) is 69.5 Å². The summed E-state index contributed by atoms with van der Waals surface area (Å²) in [6.45, 7) is 6.31. The van der Waals surface area contributed by atoms with Crippen LogP contribution in [-0.2, 0) is 15.1 Å². The predicted octanol–water partition coefficient (Wildman–Crippen LogP) is 5.31. The van der Waals surface area contributed by atoms with Gasteiger partial charge < -0.3 is 19.8 Å². The number of aliphatic carboxylic acids is 1.